The second-order valence-electron chi connectivity index (χ2n) is 5.82. The number of rotatable bonds is 3. The SMILES string of the molecule is CC1(C)CCCNC1CNC(=O)c1ccc(I)cc1. The number of carbonyl (C=O) groups is 1. The molecule has 1 aliphatic rings. The lowest BCUT2D eigenvalue weighted by molar-refractivity contribution is 0.0929. The molecule has 19 heavy (non-hydrogen) atoms. The summed E-state index contributed by atoms with van der Waals surface area (Å²) in [5, 5.41) is 6.55. The molecule has 2 rings (SSSR count). The van der Waals surface area contributed by atoms with Crippen molar-refractivity contribution in [3.63, 3.8) is 0 Å². The molecule has 2 N–H and O–H groups in total. The molecular formula is C15H21IN2O. The fraction of sp³-hybridized carbons (Fsp3) is 0.533. The summed E-state index contributed by atoms with van der Waals surface area (Å²) in [4.78, 5) is 12.1. The van der Waals surface area contributed by atoms with Gasteiger partial charge in [-0.2, -0.15) is 0 Å². The molecule has 1 amide bonds. The van der Waals surface area contributed by atoms with Gasteiger partial charge in [0.2, 0.25) is 0 Å². The quantitative estimate of drug-likeness (QED) is 0.802. The van der Waals surface area contributed by atoms with E-state index in [2.05, 4.69) is 47.1 Å². The van der Waals surface area contributed by atoms with E-state index < -0.39 is 0 Å². The van der Waals surface area contributed by atoms with E-state index in [0.717, 1.165) is 15.7 Å². The highest BCUT2D eigenvalue weighted by Crippen LogP contribution is 2.29. The van der Waals surface area contributed by atoms with Crippen LogP contribution in [0.1, 0.15) is 37.0 Å². The second kappa shape index (κ2) is 6.22. The number of piperidine rings is 1. The summed E-state index contributed by atoms with van der Waals surface area (Å²) in [5.74, 6) is 0.0135. The molecule has 1 atom stereocenters. The fourth-order valence-corrected chi connectivity index (χ4v) is 2.88. The van der Waals surface area contributed by atoms with Gasteiger partial charge < -0.3 is 10.6 Å². The number of hydrogen-bond donors (Lipinski definition) is 2. The highest BCUT2D eigenvalue weighted by molar-refractivity contribution is 14.1. The van der Waals surface area contributed by atoms with Gasteiger partial charge in [-0.05, 0) is 71.7 Å². The smallest absolute Gasteiger partial charge is 0.251 e. The minimum atomic E-state index is 0.0135. The molecule has 0 aromatic heterocycles. The van der Waals surface area contributed by atoms with E-state index in [1.165, 1.54) is 12.8 Å². The van der Waals surface area contributed by atoms with E-state index in [0.29, 0.717) is 12.6 Å². The zero-order chi connectivity index (χ0) is 13.9. The first-order valence-corrected chi connectivity index (χ1v) is 7.84. The maximum atomic E-state index is 12.1. The maximum Gasteiger partial charge on any atom is 0.251 e. The van der Waals surface area contributed by atoms with Crippen molar-refractivity contribution >= 4 is 28.5 Å². The normalized spacial score (nSPS) is 21.9. The molecule has 0 aliphatic carbocycles. The zero-order valence-corrected chi connectivity index (χ0v) is 13.7. The topological polar surface area (TPSA) is 41.1 Å². The van der Waals surface area contributed by atoms with Crippen LogP contribution in [0.5, 0.6) is 0 Å². The van der Waals surface area contributed by atoms with Crippen LogP contribution < -0.4 is 10.6 Å². The first-order valence-electron chi connectivity index (χ1n) is 6.76. The lowest BCUT2D eigenvalue weighted by Gasteiger charge is -2.39. The summed E-state index contributed by atoms with van der Waals surface area (Å²) >= 11 is 2.24. The largest absolute Gasteiger partial charge is 0.350 e. The van der Waals surface area contributed by atoms with Gasteiger partial charge in [0.25, 0.3) is 5.91 Å². The Hall–Kier alpha value is -0.620. The van der Waals surface area contributed by atoms with Crippen molar-refractivity contribution in [2.24, 2.45) is 5.41 Å². The van der Waals surface area contributed by atoms with Gasteiger partial charge in [0.1, 0.15) is 0 Å². The minimum absolute atomic E-state index is 0.0135. The van der Waals surface area contributed by atoms with Crippen molar-refractivity contribution in [1.82, 2.24) is 10.6 Å². The van der Waals surface area contributed by atoms with Crippen molar-refractivity contribution in [3.05, 3.63) is 33.4 Å². The van der Waals surface area contributed by atoms with Crippen LogP contribution >= 0.6 is 22.6 Å². The number of hydrogen-bond acceptors (Lipinski definition) is 2. The molecule has 1 saturated heterocycles. The highest BCUT2D eigenvalue weighted by atomic mass is 127. The molecule has 0 spiro atoms. The third-order valence-corrected chi connectivity index (χ3v) is 4.62. The summed E-state index contributed by atoms with van der Waals surface area (Å²) in [5.41, 5.74) is 0.978. The lowest BCUT2D eigenvalue weighted by Crippen LogP contribution is -2.52. The number of benzene rings is 1. The van der Waals surface area contributed by atoms with Crippen LogP contribution in [0, 0.1) is 8.99 Å². The van der Waals surface area contributed by atoms with Crippen LogP contribution in [-0.4, -0.2) is 25.0 Å². The Morgan fingerprint density at radius 1 is 1.42 bits per heavy atom. The number of nitrogens with one attached hydrogen (secondary N) is 2. The van der Waals surface area contributed by atoms with Crippen molar-refractivity contribution in [3.8, 4) is 0 Å². The van der Waals surface area contributed by atoms with Gasteiger partial charge >= 0.3 is 0 Å². The van der Waals surface area contributed by atoms with Crippen LogP contribution in [0.2, 0.25) is 0 Å². The summed E-state index contributed by atoms with van der Waals surface area (Å²) in [7, 11) is 0. The van der Waals surface area contributed by atoms with Gasteiger partial charge in [0.15, 0.2) is 0 Å². The second-order valence-corrected chi connectivity index (χ2v) is 7.06. The lowest BCUT2D eigenvalue weighted by atomic mass is 9.77. The molecule has 0 radical (unpaired) electrons. The number of halogens is 1. The Morgan fingerprint density at radius 3 is 2.74 bits per heavy atom. The Labute approximate surface area is 128 Å². The Morgan fingerprint density at radius 2 is 2.11 bits per heavy atom. The predicted octanol–water partition coefficient (Wildman–Crippen LogP) is 2.80. The third-order valence-electron chi connectivity index (χ3n) is 3.91. The van der Waals surface area contributed by atoms with Crippen molar-refractivity contribution < 1.29 is 4.79 Å². The molecule has 1 aromatic carbocycles. The zero-order valence-electron chi connectivity index (χ0n) is 11.5. The van der Waals surface area contributed by atoms with Gasteiger partial charge in [-0.3, -0.25) is 4.79 Å². The van der Waals surface area contributed by atoms with Crippen LogP contribution in [0.4, 0.5) is 0 Å². The van der Waals surface area contributed by atoms with Crippen molar-refractivity contribution in [1.29, 1.82) is 0 Å². The molecule has 0 saturated carbocycles. The first-order chi connectivity index (χ1) is 8.99. The summed E-state index contributed by atoms with van der Waals surface area (Å²) in [6.45, 7) is 6.27. The molecule has 1 unspecified atom stereocenters. The van der Waals surface area contributed by atoms with Gasteiger partial charge in [-0.25, -0.2) is 0 Å². The molecule has 104 valence electrons. The highest BCUT2D eigenvalue weighted by Gasteiger charge is 2.31. The van der Waals surface area contributed by atoms with E-state index in [4.69, 9.17) is 0 Å². The first kappa shape index (κ1) is 14.8. The molecule has 3 nitrogen and oxygen atoms in total. The van der Waals surface area contributed by atoms with Crippen LogP contribution in [-0.2, 0) is 0 Å². The van der Waals surface area contributed by atoms with Crippen molar-refractivity contribution in [2.45, 2.75) is 32.7 Å². The Bertz CT molecular complexity index is 442. The average molecular weight is 372 g/mol. The predicted molar refractivity (Wildman–Crippen MR) is 86.3 cm³/mol. The number of carbonyl (C=O) groups excluding carboxylic acids is 1. The fourth-order valence-electron chi connectivity index (χ4n) is 2.52. The minimum Gasteiger partial charge on any atom is -0.350 e. The van der Waals surface area contributed by atoms with E-state index in [1.54, 1.807) is 0 Å². The number of amides is 1. The van der Waals surface area contributed by atoms with Gasteiger partial charge in [0, 0.05) is 21.7 Å². The maximum absolute atomic E-state index is 12.1. The van der Waals surface area contributed by atoms with Gasteiger partial charge in [-0.15, -0.1) is 0 Å². The van der Waals surface area contributed by atoms with Gasteiger partial charge in [0.05, 0.1) is 0 Å². The molecule has 1 heterocycles. The summed E-state index contributed by atoms with van der Waals surface area (Å²) < 4.78 is 1.14. The summed E-state index contributed by atoms with van der Waals surface area (Å²) in [6, 6.07) is 8.01. The van der Waals surface area contributed by atoms with E-state index in [1.807, 2.05) is 24.3 Å². The molecular weight excluding hydrogens is 351 g/mol. The van der Waals surface area contributed by atoms with Crippen LogP contribution in [0.15, 0.2) is 24.3 Å². The molecule has 1 fully saturated rings. The van der Waals surface area contributed by atoms with E-state index in [9.17, 15) is 4.79 Å². The monoisotopic (exact) mass is 372 g/mol. The van der Waals surface area contributed by atoms with E-state index >= 15 is 0 Å². The Kier molecular flexibility index (Phi) is 4.84. The Balaban J connectivity index is 1.91. The van der Waals surface area contributed by atoms with Crippen LogP contribution in [0.25, 0.3) is 0 Å². The molecule has 0 bridgehead atoms. The summed E-state index contributed by atoms with van der Waals surface area (Å²) in [6.07, 6.45) is 2.43. The molecule has 1 aliphatic heterocycles. The third kappa shape index (κ3) is 3.92. The van der Waals surface area contributed by atoms with Gasteiger partial charge in [-0.1, -0.05) is 13.8 Å². The van der Waals surface area contributed by atoms with Crippen molar-refractivity contribution in [2.75, 3.05) is 13.1 Å². The van der Waals surface area contributed by atoms with Crippen LogP contribution in [0.3, 0.4) is 0 Å². The average Bonchev–Trinajstić information content (AvgIpc) is 2.37. The molecule has 4 heteroatoms. The standard InChI is InChI=1S/C15H21IN2O/c1-15(2)8-3-9-17-13(15)10-18-14(19)11-4-6-12(16)7-5-11/h4-7,13,17H,3,8-10H2,1-2H3,(H,18,19). The molecule has 1 aromatic rings. The van der Waals surface area contributed by atoms with E-state index in [-0.39, 0.29) is 11.3 Å².